The maximum Gasteiger partial charge on any atom is 0.194 e. The fourth-order valence-corrected chi connectivity index (χ4v) is 3.84. The van der Waals surface area contributed by atoms with E-state index in [1.165, 1.54) is 0 Å². The van der Waals surface area contributed by atoms with Gasteiger partial charge in [0.1, 0.15) is 5.75 Å². The summed E-state index contributed by atoms with van der Waals surface area (Å²) in [5.41, 5.74) is 2.66. The molecule has 2 aromatic carbocycles. The SMILES string of the molecule is CNCCCCOc1cccc2c1SCc1ccccc1C2=O.Cl. The van der Waals surface area contributed by atoms with Crippen LogP contribution in [0.15, 0.2) is 47.4 Å². The van der Waals surface area contributed by atoms with Crippen LogP contribution in [0.2, 0.25) is 0 Å². The van der Waals surface area contributed by atoms with Crippen LogP contribution < -0.4 is 10.1 Å². The summed E-state index contributed by atoms with van der Waals surface area (Å²) >= 11 is 1.69. The van der Waals surface area contributed by atoms with Crippen LogP contribution in [0.3, 0.4) is 0 Å². The maximum atomic E-state index is 12.8. The number of ketones is 1. The smallest absolute Gasteiger partial charge is 0.194 e. The Hall–Kier alpha value is -1.49. The number of carbonyl (C=O) groups is 1. The molecular formula is C19H22ClNO2S. The van der Waals surface area contributed by atoms with Crippen molar-refractivity contribution in [3.8, 4) is 5.75 Å². The monoisotopic (exact) mass is 363 g/mol. The lowest BCUT2D eigenvalue weighted by Crippen LogP contribution is -2.09. The quantitative estimate of drug-likeness (QED) is 0.775. The molecule has 1 aliphatic rings. The highest BCUT2D eigenvalue weighted by molar-refractivity contribution is 7.98. The second kappa shape index (κ2) is 9.11. The van der Waals surface area contributed by atoms with Crippen LogP contribution in [-0.4, -0.2) is 26.0 Å². The van der Waals surface area contributed by atoms with E-state index in [4.69, 9.17) is 4.74 Å². The number of halogens is 1. The number of carbonyl (C=O) groups excluding carboxylic acids is 1. The van der Waals surface area contributed by atoms with Crippen molar-refractivity contribution in [2.75, 3.05) is 20.2 Å². The molecule has 0 spiro atoms. The summed E-state index contributed by atoms with van der Waals surface area (Å²) in [5.74, 6) is 1.73. The third-order valence-electron chi connectivity index (χ3n) is 3.94. The van der Waals surface area contributed by atoms with Crippen molar-refractivity contribution in [1.29, 1.82) is 0 Å². The van der Waals surface area contributed by atoms with E-state index in [2.05, 4.69) is 5.32 Å². The molecule has 1 heterocycles. The Balaban J connectivity index is 0.00000208. The number of hydrogen-bond acceptors (Lipinski definition) is 4. The number of thioether (sulfide) groups is 1. The summed E-state index contributed by atoms with van der Waals surface area (Å²) in [7, 11) is 1.96. The minimum absolute atomic E-state index is 0. The summed E-state index contributed by atoms with van der Waals surface area (Å²) in [4.78, 5) is 13.8. The van der Waals surface area contributed by atoms with Crippen molar-refractivity contribution in [3.05, 3.63) is 59.2 Å². The van der Waals surface area contributed by atoms with Crippen LogP contribution >= 0.6 is 24.2 Å². The van der Waals surface area contributed by atoms with Gasteiger partial charge in [0.2, 0.25) is 0 Å². The first-order valence-corrected chi connectivity index (χ1v) is 8.95. The van der Waals surface area contributed by atoms with Crippen LogP contribution in [0.4, 0.5) is 0 Å². The predicted octanol–water partition coefficient (Wildman–Crippen LogP) is 4.32. The molecule has 0 saturated carbocycles. The van der Waals surface area contributed by atoms with Crippen LogP contribution in [0, 0.1) is 0 Å². The molecule has 0 unspecified atom stereocenters. The average Bonchev–Trinajstić information content (AvgIpc) is 2.73. The highest BCUT2D eigenvalue weighted by Gasteiger charge is 2.23. The van der Waals surface area contributed by atoms with Gasteiger partial charge in [-0.3, -0.25) is 4.79 Å². The Morgan fingerprint density at radius 3 is 2.71 bits per heavy atom. The number of rotatable bonds is 6. The topological polar surface area (TPSA) is 38.3 Å². The molecule has 128 valence electrons. The third-order valence-corrected chi connectivity index (χ3v) is 5.10. The second-order valence-corrected chi connectivity index (χ2v) is 6.55. The zero-order valence-electron chi connectivity index (χ0n) is 13.7. The number of fused-ring (bicyclic) bond motifs is 2. The number of unbranched alkanes of at least 4 members (excludes halogenated alkanes) is 1. The normalized spacial score (nSPS) is 12.6. The van der Waals surface area contributed by atoms with Crippen molar-refractivity contribution in [1.82, 2.24) is 5.32 Å². The largest absolute Gasteiger partial charge is 0.492 e. The Labute approximate surface area is 153 Å². The molecule has 2 aromatic rings. The molecule has 0 aliphatic carbocycles. The van der Waals surface area contributed by atoms with Crippen LogP contribution in [0.25, 0.3) is 0 Å². The summed E-state index contributed by atoms with van der Waals surface area (Å²) in [6, 6.07) is 13.6. The minimum atomic E-state index is 0. The first-order chi connectivity index (χ1) is 11.3. The van der Waals surface area contributed by atoms with Gasteiger partial charge in [-0.05, 0) is 44.1 Å². The van der Waals surface area contributed by atoms with Gasteiger partial charge in [0, 0.05) is 16.9 Å². The van der Waals surface area contributed by atoms with Gasteiger partial charge in [-0.15, -0.1) is 24.2 Å². The van der Waals surface area contributed by atoms with Crippen molar-refractivity contribution >= 4 is 30.0 Å². The first kappa shape index (κ1) is 18.8. The molecule has 3 nitrogen and oxygen atoms in total. The lowest BCUT2D eigenvalue weighted by molar-refractivity contribution is 0.103. The summed E-state index contributed by atoms with van der Waals surface area (Å²) in [6.45, 7) is 1.68. The highest BCUT2D eigenvalue weighted by Crippen LogP contribution is 2.39. The number of benzene rings is 2. The van der Waals surface area contributed by atoms with E-state index in [9.17, 15) is 4.79 Å². The van der Waals surface area contributed by atoms with Gasteiger partial charge in [-0.2, -0.15) is 0 Å². The lowest BCUT2D eigenvalue weighted by Gasteiger charge is -2.12. The Morgan fingerprint density at radius 2 is 1.88 bits per heavy atom. The molecule has 0 amide bonds. The molecule has 1 aliphatic heterocycles. The van der Waals surface area contributed by atoms with Crippen LogP contribution in [0.1, 0.15) is 34.3 Å². The summed E-state index contributed by atoms with van der Waals surface area (Å²) < 4.78 is 5.95. The molecule has 0 bridgehead atoms. The van der Waals surface area contributed by atoms with Gasteiger partial charge < -0.3 is 10.1 Å². The van der Waals surface area contributed by atoms with E-state index in [-0.39, 0.29) is 18.2 Å². The van der Waals surface area contributed by atoms with E-state index in [0.29, 0.717) is 6.61 Å². The lowest BCUT2D eigenvalue weighted by atomic mass is 9.99. The molecule has 3 rings (SSSR count). The summed E-state index contributed by atoms with van der Waals surface area (Å²) in [5, 5.41) is 3.14. The number of hydrogen-bond donors (Lipinski definition) is 1. The van der Waals surface area contributed by atoms with Crippen LogP contribution in [0.5, 0.6) is 5.75 Å². The van der Waals surface area contributed by atoms with Gasteiger partial charge in [-0.1, -0.05) is 30.3 Å². The van der Waals surface area contributed by atoms with Gasteiger partial charge in [-0.25, -0.2) is 0 Å². The Morgan fingerprint density at radius 1 is 1.08 bits per heavy atom. The molecule has 24 heavy (non-hydrogen) atoms. The zero-order chi connectivity index (χ0) is 16.1. The molecule has 0 fully saturated rings. The fourth-order valence-electron chi connectivity index (χ4n) is 2.71. The van der Waals surface area contributed by atoms with Gasteiger partial charge >= 0.3 is 0 Å². The molecule has 0 atom stereocenters. The zero-order valence-corrected chi connectivity index (χ0v) is 15.3. The van der Waals surface area contributed by atoms with Gasteiger partial charge in [0.15, 0.2) is 5.78 Å². The molecule has 0 aromatic heterocycles. The van der Waals surface area contributed by atoms with Crippen LogP contribution in [-0.2, 0) is 5.75 Å². The molecule has 1 N–H and O–H groups in total. The first-order valence-electron chi connectivity index (χ1n) is 7.97. The van der Waals surface area contributed by atoms with Crippen molar-refractivity contribution < 1.29 is 9.53 Å². The number of nitrogens with one attached hydrogen (secondary N) is 1. The molecule has 5 heteroatoms. The molecular weight excluding hydrogens is 342 g/mol. The van der Waals surface area contributed by atoms with Gasteiger partial charge in [0.25, 0.3) is 0 Å². The van der Waals surface area contributed by atoms with E-state index in [1.54, 1.807) is 11.8 Å². The summed E-state index contributed by atoms with van der Waals surface area (Å²) in [6.07, 6.45) is 2.09. The van der Waals surface area contributed by atoms with Crippen molar-refractivity contribution in [2.45, 2.75) is 23.5 Å². The van der Waals surface area contributed by atoms with Crippen molar-refractivity contribution in [3.63, 3.8) is 0 Å². The Bertz CT molecular complexity index is 706. The van der Waals surface area contributed by atoms with Gasteiger partial charge in [0.05, 0.1) is 11.5 Å². The minimum Gasteiger partial charge on any atom is -0.492 e. The maximum absolute atomic E-state index is 12.8. The predicted molar refractivity (Wildman–Crippen MR) is 102 cm³/mol. The standard InChI is InChI=1S/C19H21NO2S.ClH/c1-20-11-4-5-12-22-17-10-6-9-16-18(21)15-8-3-2-7-14(15)13-23-19(16)17;/h2-3,6-10,20H,4-5,11-13H2,1H3;1H. The molecule has 0 radical (unpaired) electrons. The fraction of sp³-hybridized carbons (Fsp3) is 0.316. The Kier molecular flexibility index (Phi) is 7.16. The van der Waals surface area contributed by atoms with E-state index < -0.39 is 0 Å². The van der Waals surface area contributed by atoms with E-state index in [0.717, 1.165) is 52.5 Å². The van der Waals surface area contributed by atoms with Crippen molar-refractivity contribution in [2.24, 2.45) is 0 Å². The second-order valence-electron chi connectivity index (χ2n) is 5.57. The third kappa shape index (κ3) is 4.12. The van der Waals surface area contributed by atoms with E-state index >= 15 is 0 Å². The molecule has 0 saturated heterocycles. The number of ether oxygens (including phenoxy) is 1. The highest BCUT2D eigenvalue weighted by atomic mass is 35.5. The van der Waals surface area contributed by atoms with E-state index in [1.807, 2.05) is 49.5 Å². The average molecular weight is 364 g/mol.